The van der Waals surface area contributed by atoms with E-state index in [0.29, 0.717) is 31.6 Å². The Labute approximate surface area is 164 Å². The van der Waals surface area contributed by atoms with Crippen LogP contribution in [-0.2, 0) is 10.0 Å². The lowest BCUT2D eigenvalue weighted by Gasteiger charge is -2.32. The first-order valence-electron chi connectivity index (χ1n) is 9.38. The zero-order chi connectivity index (χ0) is 19.7. The Morgan fingerprint density at radius 3 is 2.50 bits per heavy atom. The maximum Gasteiger partial charge on any atom is 0.270 e. The summed E-state index contributed by atoms with van der Waals surface area (Å²) >= 11 is 0. The number of aryl methyl sites for hydroxylation is 1. The lowest BCUT2D eigenvalue weighted by atomic mass is 10.1. The summed E-state index contributed by atoms with van der Waals surface area (Å²) in [5.74, 6) is -0.0433. The molecule has 6 nitrogen and oxygen atoms in total. The Morgan fingerprint density at radius 2 is 1.79 bits per heavy atom. The van der Waals surface area contributed by atoms with Crippen molar-refractivity contribution in [3.8, 4) is 0 Å². The van der Waals surface area contributed by atoms with E-state index in [1.807, 2.05) is 31.2 Å². The number of benzene rings is 2. The SMILES string of the molecule is Cc1ccc2cc(C(=O)N3CCC(NS(=O)(=O)c4ccccc4)CC3)[nH]c2c1. The van der Waals surface area contributed by atoms with Crippen molar-refractivity contribution in [2.24, 2.45) is 0 Å². The zero-order valence-corrected chi connectivity index (χ0v) is 16.5. The molecule has 2 heterocycles. The van der Waals surface area contributed by atoms with E-state index in [4.69, 9.17) is 0 Å². The van der Waals surface area contributed by atoms with Gasteiger partial charge in [0.1, 0.15) is 5.69 Å². The van der Waals surface area contributed by atoms with Crippen LogP contribution in [0.5, 0.6) is 0 Å². The maximum atomic E-state index is 12.8. The number of aromatic amines is 1. The molecular weight excluding hydrogens is 374 g/mol. The second-order valence-electron chi connectivity index (χ2n) is 7.27. The molecule has 1 amide bonds. The summed E-state index contributed by atoms with van der Waals surface area (Å²) in [5.41, 5.74) is 2.66. The van der Waals surface area contributed by atoms with Gasteiger partial charge in [-0.05, 0) is 49.6 Å². The molecule has 1 fully saturated rings. The maximum absolute atomic E-state index is 12.8. The standard InChI is InChI=1S/C21H23N3O3S/c1-15-7-8-16-14-20(22-19(16)13-15)21(25)24-11-9-17(10-12-24)23-28(26,27)18-5-3-2-4-6-18/h2-8,13-14,17,22-23H,9-12H2,1H3. The Morgan fingerprint density at radius 1 is 1.07 bits per heavy atom. The minimum atomic E-state index is -3.53. The molecule has 1 aliphatic heterocycles. The van der Waals surface area contributed by atoms with Crippen molar-refractivity contribution in [3.63, 3.8) is 0 Å². The second kappa shape index (κ2) is 7.41. The van der Waals surface area contributed by atoms with Crippen LogP contribution in [0.1, 0.15) is 28.9 Å². The van der Waals surface area contributed by atoms with Crippen LogP contribution in [0.25, 0.3) is 10.9 Å². The predicted molar refractivity (Wildman–Crippen MR) is 109 cm³/mol. The number of aromatic nitrogens is 1. The molecule has 0 unspecified atom stereocenters. The molecule has 1 aliphatic rings. The van der Waals surface area contributed by atoms with Crippen LogP contribution < -0.4 is 4.72 Å². The van der Waals surface area contributed by atoms with Gasteiger partial charge < -0.3 is 9.88 Å². The van der Waals surface area contributed by atoms with E-state index in [-0.39, 0.29) is 16.8 Å². The van der Waals surface area contributed by atoms with Crippen LogP contribution in [0.4, 0.5) is 0 Å². The number of nitrogens with one attached hydrogen (secondary N) is 2. The average molecular weight is 398 g/mol. The lowest BCUT2D eigenvalue weighted by Crippen LogP contribution is -2.46. The van der Waals surface area contributed by atoms with E-state index in [1.54, 1.807) is 35.2 Å². The summed E-state index contributed by atoms with van der Waals surface area (Å²) in [5, 5.41) is 1.01. The number of fused-ring (bicyclic) bond motifs is 1. The fraction of sp³-hybridized carbons (Fsp3) is 0.286. The highest BCUT2D eigenvalue weighted by molar-refractivity contribution is 7.89. The van der Waals surface area contributed by atoms with Crippen LogP contribution in [0.3, 0.4) is 0 Å². The summed E-state index contributed by atoms with van der Waals surface area (Å²) in [4.78, 5) is 18.1. The number of piperidine rings is 1. The van der Waals surface area contributed by atoms with Crippen LogP contribution >= 0.6 is 0 Å². The molecule has 28 heavy (non-hydrogen) atoms. The van der Waals surface area contributed by atoms with Crippen molar-refractivity contribution in [2.75, 3.05) is 13.1 Å². The summed E-state index contributed by atoms with van der Waals surface area (Å²) < 4.78 is 27.7. The van der Waals surface area contributed by atoms with Gasteiger partial charge in [-0.25, -0.2) is 13.1 Å². The van der Waals surface area contributed by atoms with Crippen molar-refractivity contribution < 1.29 is 13.2 Å². The smallest absolute Gasteiger partial charge is 0.270 e. The zero-order valence-electron chi connectivity index (χ0n) is 15.7. The highest BCUT2D eigenvalue weighted by Crippen LogP contribution is 2.20. The predicted octanol–water partition coefficient (Wildman–Crippen LogP) is 3.06. The van der Waals surface area contributed by atoms with E-state index in [0.717, 1.165) is 16.5 Å². The molecule has 0 saturated carbocycles. The van der Waals surface area contributed by atoms with Crippen molar-refractivity contribution >= 4 is 26.8 Å². The topological polar surface area (TPSA) is 82.3 Å². The summed E-state index contributed by atoms with van der Waals surface area (Å²) in [6.07, 6.45) is 1.19. The minimum Gasteiger partial charge on any atom is -0.351 e. The van der Waals surface area contributed by atoms with Gasteiger partial charge in [0, 0.05) is 30.0 Å². The largest absolute Gasteiger partial charge is 0.351 e. The normalized spacial score (nSPS) is 15.8. The Balaban J connectivity index is 1.40. The van der Waals surface area contributed by atoms with Crippen molar-refractivity contribution in [2.45, 2.75) is 30.7 Å². The van der Waals surface area contributed by atoms with Crippen molar-refractivity contribution in [1.82, 2.24) is 14.6 Å². The molecule has 7 heteroatoms. The van der Waals surface area contributed by atoms with E-state index in [9.17, 15) is 13.2 Å². The molecule has 0 bridgehead atoms. The second-order valence-corrected chi connectivity index (χ2v) is 8.99. The molecule has 2 N–H and O–H groups in total. The quantitative estimate of drug-likeness (QED) is 0.710. The number of rotatable bonds is 4. The molecular formula is C21H23N3O3S. The van der Waals surface area contributed by atoms with Gasteiger partial charge in [-0.15, -0.1) is 0 Å². The summed E-state index contributed by atoms with van der Waals surface area (Å²) in [7, 11) is -3.53. The highest BCUT2D eigenvalue weighted by atomic mass is 32.2. The fourth-order valence-corrected chi connectivity index (χ4v) is 4.94. The summed E-state index contributed by atoms with van der Waals surface area (Å²) in [6.45, 7) is 3.06. The molecule has 0 aliphatic carbocycles. The number of hydrogen-bond donors (Lipinski definition) is 2. The number of likely N-dealkylation sites (tertiary alicyclic amines) is 1. The van der Waals surface area contributed by atoms with Gasteiger partial charge in [0.25, 0.3) is 5.91 Å². The number of hydrogen-bond acceptors (Lipinski definition) is 3. The van der Waals surface area contributed by atoms with Crippen LogP contribution in [0, 0.1) is 6.92 Å². The monoisotopic (exact) mass is 397 g/mol. The van der Waals surface area contributed by atoms with Gasteiger partial charge >= 0.3 is 0 Å². The van der Waals surface area contributed by atoms with Gasteiger partial charge in [0.15, 0.2) is 0 Å². The molecule has 3 aromatic rings. The van der Waals surface area contributed by atoms with Crippen LogP contribution in [0.15, 0.2) is 59.5 Å². The molecule has 4 rings (SSSR count). The third-order valence-corrected chi connectivity index (χ3v) is 6.70. The van der Waals surface area contributed by atoms with Gasteiger partial charge in [-0.3, -0.25) is 4.79 Å². The molecule has 0 spiro atoms. The first-order chi connectivity index (χ1) is 13.4. The lowest BCUT2D eigenvalue weighted by molar-refractivity contribution is 0.0706. The Kier molecular flexibility index (Phi) is 4.95. The number of nitrogens with zero attached hydrogens (tertiary/aromatic N) is 1. The number of amides is 1. The first kappa shape index (κ1) is 18.7. The summed E-state index contributed by atoms with van der Waals surface area (Å²) in [6, 6.07) is 16.1. The van der Waals surface area contributed by atoms with Gasteiger partial charge in [0.2, 0.25) is 10.0 Å². The van der Waals surface area contributed by atoms with Gasteiger partial charge in [0.05, 0.1) is 4.90 Å². The van der Waals surface area contributed by atoms with E-state index in [2.05, 4.69) is 9.71 Å². The number of carbonyl (C=O) groups is 1. The Hall–Kier alpha value is -2.64. The highest BCUT2D eigenvalue weighted by Gasteiger charge is 2.27. The van der Waals surface area contributed by atoms with Crippen LogP contribution in [0.2, 0.25) is 0 Å². The molecule has 1 saturated heterocycles. The average Bonchev–Trinajstić information content (AvgIpc) is 3.11. The van der Waals surface area contributed by atoms with E-state index in [1.165, 1.54) is 0 Å². The van der Waals surface area contributed by atoms with Gasteiger partial charge in [-0.2, -0.15) is 0 Å². The van der Waals surface area contributed by atoms with Crippen molar-refractivity contribution in [3.05, 3.63) is 65.9 Å². The van der Waals surface area contributed by atoms with Crippen LogP contribution in [-0.4, -0.2) is 43.3 Å². The number of sulfonamides is 1. The minimum absolute atomic E-state index is 0.0433. The Bertz CT molecular complexity index is 1100. The third-order valence-electron chi connectivity index (χ3n) is 5.17. The first-order valence-corrected chi connectivity index (χ1v) is 10.9. The number of H-pyrrole nitrogens is 1. The molecule has 1 aromatic heterocycles. The molecule has 0 radical (unpaired) electrons. The third kappa shape index (κ3) is 3.81. The number of carbonyl (C=O) groups excluding carboxylic acids is 1. The van der Waals surface area contributed by atoms with E-state index < -0.39 is 10.0 Å². The van der Waals surface area contributed by atoms with Crippen molar-refractivity contribution in [1.29, 1.82) is 0 Å². The molecule has 0 atom stereocenters. The fourth-order valence-electron chi connectivity index (χ4n) is 3.61. The van der Waals surface area contributed by atoms with E-state index >= 15 is 0 Å². The van der Waals surface area contributed by atoms with Gasteiger partial charge in [-0.1, -0.05) is 30.3 Å². The molecule has 2 aromatic carbocycles. The molecule has 146 valence electrons.